The molecule has 10 nitrogen and oxygen atoms in total. The Kier molecular flexibility index (Phi) is 5.24. The molecule has 1 saturated heterocycles. The molecule has 2 aliphatic heterocycles. The zero-order valence-electron chi connectivity index (χ0n) is 22.0. The molecule has 2 heterocycles. The van der Waals surface area contributed by atoms with Gasteiger partial charge in [-0.1, -0.05) is 18.9 Å². The van der Waals surface area contributed by atoms with Gasteiger partial charge in [0.25, 0.3) is 5.91 Å². The number of ether oxygens (including phenoxy) is 2. The molecule has 2 saturated carbocycles. The van der Waals surface area contributed by atoms with E-state index in [-0.39, 0.29) is 48.1 Å². The Morgan fingerprint density at radius 1 is 1.21 bits per heavy atom. The monoisotopic (exact) mass is 538 g/mol. The Morgan fingerprint density at radius 2 is 1.95 bits per heavy atom. The molecule has 0 radical (unpaired) electrons. The van der Waals surface area contributed by atoms with Crippen LogP contribution in [-0.4, -0.2) is 86.9 Å². The number of nitrogens with zero attached hydrogens (tertiary/aromatic N) is 2. The average Bonchev–Trinajstić information content (AvgIpc) is 3.46. The number of methoxy groups -OCH3 is 1. The van der Waals surface area contributed by atoms with E-state index in [0.29, 0.717) is 50.1 Å². The first-order valence-electron chi connectivity index (χ1n) is 14.0. The first-order chi connectivity index (χ1) is 18.7. The zero-order chi connectivity index (χ0) is 27.3. The van der Waals surface area contributed by atoms with E-state index in [1.54, 1.807) is 6.07 Å². The lowest BCUT2D eigenvalue weighted by atomic mass is 9.49. The Hall–Kier alpha value is -3.11. The van der Waals surface area contributed by atoms with Gasteiger partial charge < -0.3 is 24.8 Å². The van der Waals surface area contributed by atoms with E-state index in [9.17, 15) is 29.7 Å². The molecule has 208 valence electrons. The summed E-state index contributed by atoms with van der Waals surface area (Å²) in [6, 6.07) is 3.10. The van der Waals surface area contributed by atoms with Crippen molar-refractivity contribution in [3.8, 4) is 11.5 Å². The molecule has 1 spiro atoms. The lowest BCUT2D eigenvalue weighted by Gasteiger charge is -2.62. The van der Waals surface area contributed by atoms with Gasteiger partial charge in [-0.15, -0.1) is 0 Å². The van der Waals surface area contributed by atoms with Gasteiger partial charge in [0.1, 0.15) is 11.3 Å². The number of likely N-dealkylation sites (tertiary alicyclic amines) is 1. The maximum absolute atomic E-state index is 14.1. The van der Waals surface area contributed by atoms with E-state index >= 15 is 0 Å². The Balaban J connectivity index is 1.37. The van der Waals surface area contributed by atoms with Crippen molar-refractivity contribution in [1.29, 1.82) is 0 Å². The molecule has 1 aromatic rings. The predicted octanol–water partition coefficient (Wildman–Crippen LogP) is 1.85. The van der Waals surface area contributed by atoms with Gasteiger partial charge in [-0.3, -0.25) is 19.4 Å². The van der Waals surface area contributed by atoms with Crippen LogP contribution in [0.4, 0.5) is 0 Å². The lowest BCUT2D eigenvalue weighted by molar-refractivity contribution is -0.176. The minimum Gasteiger partial charge on any atom is -0.508 e. The van der Waals surface area contributed by atoms with Crippen molar-refractivity contribution >= 4 is 18.3 Å². The van der Waals surface area contributed by atoms with Crippen LogP contribution >= 0.6 is 0 Å². The highest BCUT2D eigenvalue weighted by atomic mass is 16.5. The minimum atomic E-state index is -1.50. The highest BCUT2D eigenvalue weighted by Gasteiger charge is 2.73. The Labute approximate surface area is 226 Å². The number of hydrogen-bond acceptors (Lipinski definition) is 9. The van der Waals surface area contributed by atoms with Crippen LogP contribution in [0, 0.1) is 5.92 Å². The summed E-state index contributed by atoms with van der Waals surface area (Å²) >= 11 is 0. The Bertz CT molecular complexity index is 1310. The molecule has 3 fully saturated rings. The number of piperidine rings is 1. The first-order valence-corrected chi connectivity index (χ1v) is 14.0. The number of carbonyl (C=O) groups is 3. The van der Waals surface area contributed by atoms with Crippen LogP contribution in [0.3, 0.4) is 0 Å². The highest BCUT2D eigenvalue weighted by Crippen LogP contribution is 2.66. The highest BCUT2D eigenvalue weighted by molar-refractivity contribution is 6.04. The smallest absolute Gasteiger partial charge is 0.332 e. The number of benzene rings is 1. The van der Waals surface area contributed by atoms with Gasteiger partial charge in [0, 0.05) is 24.6 Å². The third-order valence-corrected chi connectivity index (χ3v) is 10.6. The summed E-state index contributed by atoms with van der Waals surface area (Å²) in [6.07, 6.45) is 4.18. The third-order valence-electron chi connectivity index (χ3n) is 10.6. The van der Waals surface area contributed by atoms with Crippen LogP contribution in [0.15, 0.2) is 23.5 Å². The fourth-order valence-electron chi connectivity index (χ4n) is 8.54. The van der Waals surface area contributed by atoms with E-state index in [4.69, 9.17) is 9.47 Å². The van der Waals surface area contributed by atoms with Crippen LogP contribution < -0.4 is 4.74 Å². The summed E-state index contributed by atoms with van der Waals surface area (Å²) in [6.45, 7) is 1.54. The molecule has 1 aromatic carbocycles. The van der Waals surface area contributed by atoms with Gasteiger partial charge in [0.2, 0.25) is 6.41 Å². The van der Waals surface area contributed by atoms with Gasteiger partial charge in [-0.05, 0) is 62.6 Å². The predicted molar refractivity (Wildman–Crippen MR) is 136 cm³/mol. The van der Waals surface area contributed by atoms with E-state index in [2.05, 4.69) is 4.90 Å². The fourth-order valence-corrected chi connectivity index (χ4v) is 8.54. The van der Waals surface area contributed by atoms with Crippen molar-refractivity contribution in [2.45, 2.75) is 86.5 Å². The second-order valence-corrected chi connectivity index (χ2v) is 12.3. The normalized spacial score (nSPS) is 33.8. The summed E-state index contributed by atoms with van der Waals surface area (Å²) in [5.41, 5.74) is -2.46. The maximum atomic E-state index is 14.1. The van der Waals surface area contributed by atoms with Gasteiger partial charge in [0.15, 0.2) is 17.6 Å². The quantitative estimate of drug-likeness (QED) is 0.366. The van der Waals surface area contributed by atoms with Crippen molar-refractivity contribution in [2.24, 2.45) is 5.92 Å². The number of carbonyl (C=O) groups excluding carboxylic acids is 3. The van der Waals surface area contributed by atoms with Crippen molar-refractivity contribution < 1.29 is 39.2 Å². The minimum absolute atomic E-state index is 0.0791. The molecule has 39 heavy (non-hydrogen) atoms. The number of aliphatic hydroxyl groups excluding tert-OH is 1. The number of phenols is 1. The largest absolute Gasteiger partial charge is 0.508 e. The molecule has 4 aliphatic carbocycles. The number of amides is 2. The molecule has 4 atom stereocenters. The summed E-state index contributed by atoms with van der Waals surface area (Å²) < 4.78 is 11.3. The van der Waals surface area contributed by atoms with E-state index in [1.807, 2.05) is 6.07 Å². The van der Waals surface area contributed by atoms with Gasteiger partial charge in [-0.25, -0.2) is 4.79 Å². The van der Waals surface area contributed by atoms with Crippen molar-refractivity contribution in [3.05, 3.63) is 34.6 Å². The second-order valence-electron chi connectivity index (χ2n) is 12.3. The zero-order valence-corrected chi connectivity index (χ0v) is 22.0. The van der Waals surface area contributed by atoms with Crippen LogP contribution in [-0.2, 0) is 31.0 Å². The number of rotatable bonds is 6. The number of hydrogen-bond donors (Lipinski definition) is 3. The van der Waals surface area contributed by atoms with Crippen molar-refractivity contribution in [3.63, 3.8) is 0 Å². The van der Waals surface area contributed by atoms with Crippen LogP contribution in [0.5, 0.6) is 11.5 Å². The summed E-state index contributed by atoms with van der Waals surface area (Å²) in [5.74, 6) is -1.11. The first kappa shape index (κ1) is 24.9. The number of aromatic hydroxyl groups is 1. The SMILES string of the molecule is COC(=O)C1(N(C=O)C(=O)C2=C(O)[C@@H]3Oc4c(O)ccc5c4[C@@]34CCN(CC3CC3)[C@H](C5)[C@]4(O)C2)CCCC1. The van der Waals surface area contributed by atoms with Crippen LogP contribution in [0.25, 0.3) is 0 Å². The van der Waals surface area contributed by atoms with Gasteiger partial charge in [-0.2, -0.15) is 0 Å². The molecule has 2 bridgehead atoms. The third kappa shape index (κ3) is 3.01. The molecule has 7 rings (SSSR count). The van der Waals surface area contributed by atoms with Crippen LogP contribution in [0.2, 0.25) is 0 Å². The summed E-state index contributed by atoms with van der Waals surface area (Å²) in [4.78, 5) is 42.6. The second kappa shape index (κ2) is 8.20. The molecule has 6 aliphatic rings. The van der Waals surface area contributed by atoms with E-state index in [0.717, 1.165) is 29.8 Å². The number of phenolic OH excluding ortho intramolecular Hbond substituents is 1. The lowest BCUT2D eigenvalue weighted by Crippen LogP contribution is -2.76. The van der Waals surface area contributed by atoms with Gasteiger partial charge >= 0.3 is 5.97 Å². The average molecular weight is 539 g/mol. The molecular weight excluding hydrogens is 504 g/mol. The standard InChI is InChI=1S/C29H34N2O8/c1-38-26(36)27(8-2-3-9-27)31(15-32)25(35)18-13-29(37)20-12-17-6-7-19(33)23-21(17)28(29,24(39-23)22(18)34)10-11-30(20)14-16-4-5-16/h6-7,15-16,20,24,33-34,37H,2-5,8-14H2,1H3/t20-,24+,28+,29-/m1/s1. The van der Waals surface area contributed by atoms with Crippen LogP contribution in [0.1, 0.15) is 62.5 Å². The van der Waals surface area contributed by atoms with Crippen molar-refractivity contribution in [2.75, 3.05) is 20.2 Å². The molecule has 2 amide bonds. The van der Waals surface area contributed by atoms with E-state index < -0.39 is 34.5 Å². The molecule has 3 N–H and O–H groups in total. The topological polar surface area (TPSA) is 137 Å². The fraction of sp³-hybridized carbons (Fsp3) is 0.621. The molecule has 0 aromatic heterocycles. The number of esters is 1. The van der Waals surface area contributed by atoms with Gasteiger partial charge in [0.05, 0.1) is 23.7 Å². The summed E-state index contributed by atoms with van der Waals surface area (Å²) in [7, 11) is 1.23. The molecular formula is C29H34N2O8. The summed E-state index contributed by atoms with van der Waals surface area (Å²) in [5, 5.41) is 35.2. The Morgan fingerprint density at radius 3 is 2.62 bits per heavy atom. The maximum Gasteiger partial charge on any atom is 0.332 e. The molecule has 10 heteroatoms. The number of imide groups is 1. The van der Waals surface area contributed by atoms with E-state index in [1.165, 1.54) is 7.11 Å². The molecule has 0 unspecified atom stereocenters. The number of aliphatic hydroxyl groups is 2. The van der Waals surface area contributed by atoms with Crippen molar-refractivity contribution in [1.82, 2.24) is 9.80 Å².